The molecule has 57 heavy (non-hydrogen) atoms. The number of nitrogens with one attached hydrogen (secondary N) is 1. The van der Waals surface area contributed by atoms with E-state index in [-0.39, 0.29) is 0 Å². The Labute approximate surface area is 325 Å². The summed E-state index contributed by atoms with van der Waals surface area (Å²) in [6.45, 7) is 0.739. The summed E-state index contributed by atoms with van der Waals surface area (Å²) in [6, 6.07) is 31.5. The number of aromatic amines is 1. The van der Waals surface area contributed by atoms with Crippen LogP contribution in [-0.4, -0.2) is 57.1 Å². The Balaban J connectivity index is 1.35. The average molecular weight is 735 g/mol. The number of hydrogen-bond donors (Lipinski definition) is 1. The van der Waals surface area contributed by atoms with Crippen LogP contribution in [0.3, 0.4) is 0 Å². The first-order valence-corrected chi connectivity index (χ1v) is 18.9. The van der Waals surface area contributed by atoms with Crippen LogP contribution in [0.15, 0.2) is 163 Å². The van der Waals surface area contributed by atoms with Crippen LogP contribution < -0.4 is 0 Å². The number of para-hydroxylation sites is 2. The number of aromatic nitrogens is 8. The Hall–Kier alpha value is -7.85. The largest absolute Gasteiger partial charge is 0.344 e. The lowest BCUT2D eigenvalue weighted by atomic mass is 9.81. The number of benzene rings is 5. The van der Waals surface area contributed by atoms with Gasteiger partial charge in [-0.3, -0.25) is 4.99 Å². The molecular weight excluding hydrogens is 705 g/mol. The molecule has 5 aromatic carbocycles. The van der Waals surface area contributed by atoms with Gasteiger partial charge in [0.1, 0.15) is 11.2 Å². The highest BCUT2D eigenvalue weighted by Crippen LogP contribution is 2.50. The lowest BCUT2D eigenvalue weighted by Crippen LogP contribution is -2.22. The van der Waals surface area contributed by atoms with Crippen LogP contribution in [0.4, 0.5) is 5.69 Å². The van der Waals surface area contributed by atoms with Gasteiger partial charge in [0, 0.05) is 68.7 Å². The van der Waals surface area contributed by atoms with E-state index in [0.29, 0.717) is 17.9 Å². The normalized spacial score (nSPS) is 14.7. The van der Waals surface area contributed by atoms with E-state index >= 15 is 0 Å². The van der Waals surface area contributed by atoms with Crippen molar-refractivity contribution in [3.05, 3.63) is 175 Å². The third-order valence-electron chi connectivity index (χ3n) is 11.2. The Morgan fingerprint density at radius 1 is 0.719 bits per heavy atom. The molecule has 0 fully saturated rings. The second-order valence-electron chi connectivity index (χ2n) is 14.3. The number of allylic oxidation sites excluding steroid dienone is 5. The van der Waals surface area contributed by atoms with Crippen molar-refractivity contribution >= 4 is 60.6 Å². The molecule has 7 heterocycles. The van der Waals surface area contributed by atoms with Gasteiger partial charge >= 0.3 is 0 Å². The summed E-state index contributed by atoms with van der Waals surface area (Å²) in [6.07, 6.45) is 20.8. The van der Waals surface area contributed by atoms with Crippen molar-refractivity contribution in [2.75, 3.05) is 6.54 Å². The second-order valence-corrected chi connectivity index (χ2v) is 14.3. The molecule has 3 aliphatic heterocycles. The molecule has 9 aromatic rings. The molecule has 0 amide bonds. The molecule has 10 heteroatoms. The molecule has 0 bridgehead atoms. The van der Waals surface area contributed by atoms with E-state index in [0.717, 1.165) is 101 Å². The molecule has 0 saturated carbocycles. The molecule has 0 unspecified atom stereocenters. The van der Waals surface area contributed by atoms with Crippen LogP contribution in [0.2, 0.25) is 0 Å². The summed E-state index contributed by atoms with van der Waals surface area (Å²) >= 11 is 0. The first-order valence-electron chi connectivity index (χ1n) is 18.9. The Bertz CT molecular complexity index is 3320. The lowest BCUT2D eigenvalue weighted by Gasteiger charge is -2.31. The molecule has 10 nitrogen and oxygen atoms in total. The first-order chi connectivity index (χ1) is 28.3. The number of nitrogens with zero attached hydrogens (tertiary/aromatic N) is 9. The number of H-pyrrole nitrogens is 1. The van der Waals surface area contributed by atoms with Gasteiger partial charge in [0.2, 0.25) is 0 Å². The summed E-state index contributed by atoms with van der Waals surface area (Å²) < 4.78 is 2.06. The van der Waals surface area contributed by atoms with Gasteiger partial charge in [-0.1, -0.05) is 97.1 Å². The minimum Gasteiger partial charge on any atom is -0.344 e. The van der Waals surface area contributed by atoms with Crippen molar-refractivity contribution in [3.63, 3.8) is 0 Å². The first kappa shape index (κ1) is 31.5. The molecule has 0 saturated heterocycles. The van der Waals surface area contributed by atoms with Gasteiger partial charge in [0.25, 0.3) is 0 Å². The zero-order valence-electron chi connectivity index (χ0n) is 30.4. The highest BCUT2D eigenvalue weighted by molar-refractivity contribution is 6.23. The van der Waals surface area contributed by atoms with E-state index in [9.17, 15) is 0 Å². The number of aliphatic imine (C=N–C) groups is 1. The summed E-state index contributed by atoms with van der Waals surface area (Å²) in [5, 5.41) is 19.8. The fourth-order valence-corrected chi connectivity index (χ4v) is 8.67. The van der Waals surface area contributed by atoms with Crippen LogP contribution in [0.5, 0.6) is 0 Å². The fourth-order valence-electron chi connectivity index (χ4n) is 8.67. The van der Waals surface area contributed by atoms with E-state index in [2.05, 4.69) is 134 Å². The van der Waals surface area contributed by atoms with Gasteiger partial charge in [-0.2, -0.15) is 10.2 Å². The van der Waals surface area contributed by atoms with Gasteiger partial charge in [0.05, 0.1) is 53.1 Å². The predicted octanol–water partition coefficient (Wildman–Crippen LogP) is 9.47. The van der Waals surface area contributed by atoms with Crippen LogP contribution >= 0.6 is 0 Å². The maximum absolute atomic E-state index is 5.28. The van der Waals surface area contributed by atoms with Crippen molar-refractivity contribution in [3.8, 4) is 28.3 Å². The van der Waals surface area contributed by atoms with E-state index < -0.39 is 0 Å². The van der Waals surface area contributed by atoms with Crippen LogP contribution in [0.1, 0.15) is 16.7 Å². The Morgan fingerprint density at radius 3 is 2.56 bits per heavy atom. The number of rotatable bonds is 5. The molecule has 0 atom stereocenters. The minimum absolute atomic E-state index is 0.510. The zero-order valence-corrected chi connectivity index (χ0v) is 30.4. The van der Waals surface area contributed by atoms with E-state index in [1.54, 1.807) is 6.33 Å². The molecule has 4 aromatic heterocycles. The van der Waals surface area contributed by atoms with Crippen molar-refractivity contribution in [1.82, 2.24) is 44.8 Å². The maximum Gasteiger partial charge on any atom is 0.181 e. The van der Waals surface area contributed by atoms with Gasteiger partial charge in [-0.15, -0.1) is 5.10 Å². The smallest absolute Gasteiger partial charge is 0.181 e. The average Bonchev–Trinajstić information content (AvgIpc) is 4.04. The molecule has 0 aliphatic carbocycles. The van der Waals surface area contributed by atoms with Crippen molar-refractivity contribution in [1.29, 1.82) is 0 Å². The second kappa shape index (κ2) is 12.3. The number of fused-ring (bicyclic) bond motifs is 6. The Morgan fingerprint density at radius 2 is 1.60 bits per heavy atom. The van der Waals surface area contributed by atoms with Crippen LogP contribution in [-0.2, 0) is 6.42 Å². The van der Waals surface area contributed by atoms with Crippen molar-refractivity contribution in [2.45, 2.75) is 6.42 Å². The van der Waals surface area contributed by atoms with Gasteiger partial charge in [0.15, 0.2) is 11.5 Å². The monoisotopic (exact) mass is 734 g/mol. The highest BCUT2D eigenvalue weighted by Gasteiger charge is 2.33. The maximum atomic E-state index is 5.28. The van der Waals surface area contributed by atoms with E-state index in [1.165, 1.54) is 5.56 Å². The molecule has 3 aliphatic rings. The lowest BCUT2D eigenvalue weighted by molar-refractivity contribution is 0.527. The van der Waals surface area contributed by atoms with Gasteiger partial charge in [-0.25, -0.2) is 19.6 Å². The standard InChI is InChI=1S/C47H30N10/c1-4-14-31-29(12-1)24-51-55-44(31)42-34-16-9-15-32(36-23-28-11-2-5-18-35(28)53-36)40(34)45(57-38-19-6-3-13-30(38)25-52-57)43(47-48-26-37-46(54-47)50-27-49-37)41(42)33-17-10-22-56-21-8-7-20-39(33)56/h1-21,24-27H,22-23H2,(H,48,49,50,54). The summed E-state index contributed by atoms with van der Waals surface area (Å²) in [4.78, 5) is 25.7. The van der Waals surface area contributed by atoms with Gasteiger partial charge < -0.3 is 9.88 Å². The predicted molar refractivity (Wildman–Crippen MR) is 225 cm³/mol. The van der Waals surface area contributed by atoms with Crippen LogP contribution in [0, 0.1) is 0 Å². The molecular formula is C47H30N10. The van der Waals surface area contributed by atoms with Gasteiger partial charge in [-0.05, 0) is 35.2 Å². The van der Waals surface area contributed by atoms with Crippen molar-refractivity contribution < 1.29 is 0 Å². The quantitative estimate of drug-likeness (QED) is 0.187. The fraction of sp³-hybridized carbons (Fsp3) is 0.0426. The SMILES string of the molecule is C1=CC2=C(c3c(-c4ncc5[nH]cnc5n4)c(-n4ncc5ccccc54)c4c(C5=Nc6ccccc6C5)cccc4c3-c3nncc4ccccc34)C=CCN2C=C1. The topological polar surface area (TPSA) is 114 Å². The third kappa shape index (κ3) is 4.80. The molecule has 1 N–H and O–H groups in total. The number of imidazole rings is 1. The highest BCUT2D eigenvalue weighted by atomic mass is 15.3. The molecule has 0 radical (unpaired) electrons. The summed E-state index contributed by atoms with van der Waals surface area (Å²) in [5.74, 6) is 0.510. The Kier molecular flexibility index (Phi) is 6.82. The molecule has 268 valence electrons. The summed E-state index contributed by atoms with van der Waals surface area (Å²) in [5.41, 5.74) is 12.7. The minimum atomic E-state index is 0.510. The molecule has 0 spiro atoms. The van der Waals surface area contributed by atoms with E-state index in [1.807, 2.05) is 36.8 Å². The third-order valence-corrected chi connectivity index (χ3v) is 11.2. The van der Waals surface area contributed by atoms with Crippen LogP contribution in [0.25, 0.3) is 77.5 Å². The van der Waals surface area contributed by atoms with Crippen molar-refractivity contribution in [2.24, 2.45) is 4.99 Å². The zero-order chi connectivity index (χ0) is 37.5. The summed E-state index contributed by atoms with van der Waals surface area (Å²) in [7, 11) is 0. The number of hydrogen-bond acceptors (Lipinski definition) is 8. The molecule has 12 rings (SSSR count). The van der Waals surface area contributed by atoms with E-state index in [4.69, 9.17) is 25.2 Å².